The Morgan fingerprint density at radius 3 is 1.88 bits per heavy atom. The lowest BCUT2D eigenvalue weighted by atomic mass is 9.78. The van der Waals surface area contributed by atoms with Crippen LogP contribution in [0.25, 0.3) is 0 Å². The second kappa shape index (κ2) is 2.12. The van der Waals surface area contributed by atoms with Crippen LogP contribution in [-0.2, 0) is 4.74 Å². The molecule has 3 aliphatic rings. The summed E-state index contributed by atoms with van der Waals surface area (Å²) in [5.74, 6) is 0.955. The molecule has 16 heavy (non-hydrogen) atoms. The SMILES string of the molecule is COC1=N[C@@]2(C)C(C)=C(C)[C@@]3(C)[C@@]1(C)[C@@]32C. The fraction of sp³-hybridized carbons (Fsp3) is 0.786. The molecule has 4 atom stereocenters. The summed E-state index contributed by atoms with van der Waals surface area (Å²) in [7, 11) is 1.75. The number of hydrogen-bond acceptors (Lipinski definition) is 2. The zero-order chi connectivity index (χ0) is 12.1. The second-order valence-corrected chi connectivity index (χ2v) is 6.32. The molecule has 1 heterocycles. The molecule has 3 rings (SSSR count). The molecule has 0 amide bonds. The largest absolute Gasteiger partial charge is 0.484 e. The lowest BCUT2D eigenvalue weighted by Crippen LogP contribution is -2.32. The van der Waals surface area contributed by atoms with Crippen molar-refractivity contribution in [3.63, 3.8) is 0 Å². The van der Waals surface area contributed by atoms with Gasteiger partial charge in [-0.15, -0.1) is 0 Å². The Bertz CT molecular complexity index is 477. The number of allylic oxidation sites excluding steroid dienone is 1. The van der Waals surface area contributed by atoms with Crippen molar-refractivity contribution in [3.8, 4) is 0 Å². The van der Waals surface area contributed by atoms with E-state index in [1.54, 1.807) is 7.11 Å². The maximum absolute atomic E-state index is 5.56. The van der Waals surface area contributed by atoms with Gasteiger partial charge in [0.2, 0.25) is 0 Å². The molecule has 0 spiro atoms. The van der Waals surface area contributed by atoms with Crippen molar-refractivity contribution in [1.82, 2.24) is 0 Å². The van der Waals surface area contributed by atoms with E-state index < -0.39 is 0 Å². The molecule has 0 aromatic carbocycles. The first kappa shape index (κ1) is 10.4. The van der Waals surface area contributed by atoms with Crippen LogP contribution < -0.4 is 0 Å². The van der Waals surface area contributed by atoms with Crippen molar-refractivity contribution in [2.45, 2.75) is 47.1 Å². The number of nitrogens with zero attached hydrogens (tertiary/aromatic N) is 1. The number of methoxy groups -OCH3 is 1. The molecule has 1 saturated carbocycles. The number of fused-ring (bicyclic) bond motifs is 1. The van der Waals surface area contributed by atoms with E-state index in [1.165, 1.54) is 11.1 Å². The number of rotatable bonds is 0. The minimum absolute atomic E-state index is 0.0497. The maximum atomic E-state index is 5.56. The van der Waals surface area contributed by atoms with Gasteiger partial charge in [0.25, 0.3) is 0 Å². The number of ether oxygens (including phenoxy) is 1. The standard InChI is InChI=1S/C14H21NO/c1-8-9(2)13(5)14(6)11(8,3)12(14,4)10(15-13)16-7/h1-7H3/t11-,12-,13-,14+/m0/s1. The van der Waals surface area contributed by atoms with Crippen molar-refractivity contribution >= 4 is 5.90 Å². The summed E-state index contributed by atoms with van der Waals surface area (Å²) in [4.78, 5) is 4.89. The van der Waals surface area contributed by atoms with Crippen molar-refractivity contribution in [2.75, 3.05) is 7.11 Å². The summed E-state index contributed by atoms with van der Waals surface area (Å²) in [6, 6.07) is 0. The van der Waals surface area contributed by atoms with E-state index in [0.29, 0.717) is 0 Å². The topological polar surface area (TPSA) is 21.6 Å². The van der Waals surface area contributed by atoms with Gasteiger partial charge in [0.15, 0.2) is 5.90 Å². The van der Waals surface area contributed by atoms with Gasteiger partial charge in [-0.3, -0.25) is 0 Å². The van der Waals surface area contributed by atoms with Crippen molar-refractivity contribution < 1.29 is 4.74 Å². The van der Waals surface area contributed by atoms with Gasteiger partial charge in [-0.25, -0.2) is 4.99 Å². The Morgan fingerprint density at radius 1 is 0.938 bits per heavy atom. The highest BCUT2D eigenvalue weighted by molar-refractivity contribution is 5.96. The van der Waals surface area contributed by atoms with Crippen LogP contribution >= 0.6 is 0 Å². The maximum Gasteiger partial charge on any atom is 0.191 e. The summed E-state index contributed by atoms with van der Waals surface area (Å²) < 4.78 is 5.56. The first-order chi connectivity index (χ1) is 7.23. The molecule has 0 unspecified atom stereocenters. The molecule has 0 aromatic rings. The number of aliphatic imine (C=N–C) groups is 1. The van der Waals surface area contributed by atoms with Crippen LogP contribution in [0.5, 0.6) is 0 Å². The van der Waals surface area contributed by atoms with E-state index in [2.05, 4.69) is 41.5 Å². The van der Waals surface area contributed by atoms with E-state index >= 15 is 0 Å². The van der Waals surface area contributed by atoms with Gasteiger partial charge >= 0.3 is 0 Å². The van der Waals surface area contributed by atoms with Gasteiger partial charge in [-0.1, -0.05) is 19.4 Å². The highest BCUT2D eigenvalue weighted by Gasteiger charge is 2.94. The first-order valence-electron chi connectivity index (χ1n) is 6.06. The van der Waals surface area contributed by atoms with E-state index in [0.717, 1.165) is 5.90 Å². The molecule has 1 fully saturated rings. The van der Waals surface area contributed by atoms with Crippen LogP contribution in [0, 0.1) is 16.2 Å². The van der Waals surface area contributed by atoms with Crippen molar-refractivity contribution in [1.29, 1.82) is 0 Å². The first-order valence-corrected chi connectivity index (χ1v) is 6.06. The molecule has 0 saturated heterocycles. The van der Waals surface area contributed by atoms with Gasteiger partial charge in [0, 0.05) is 10.8 Å². The predicted octanol–water partition coefficient (Wildman–Crippen LogP) is 3.19. The average molecular weight is 219 g/mol. The minimum atomic E-state index is -0.0497. The van der Waals surface area contributed by atoms with Gasteiger partial charge in [0.05, 0.1) is 18.1 Å². The van der Waals surface area contributed by atoms with Crippen LogP contribution in [0.15, 0.2) is 16.1 Å². The minimum Gasteiger partial charge on any atom is -0.484 e. The Hall–Kier alpha value is -0.790. The van der Waals surface area contributed by atoms with E-state index in [4.69, 9.17) is 9.73 Å². The van der Waals surface area contributed by atoms with Crippen LogP contribution in [0.4, 0.5) is 0 Å². The molecule has 2 nitrogen and oxygen atoms in total. The molecule has 0 radical (unpaired) electrons. The third-order valence-corrected chi connectivity index (χ3v) is 6.90. The second-order valence-electron chi connectivity index (χ2n) is 6.32. The third-order valence-electron chi connectivity index (χ3n) is 6.90. The predicted molar refractivity (Wildman–Crippen MR) is 65.5 cm³/mol. The van der Waals surface area contributed by atoms with Crippen LogP contribution in [0.2, 0.25) is 0 Å². The highest BCUT2D eigenvalue weighted by Crippen LogP contribution is 2.92. The fourth-order valence-corrected chi connectivity index (χ4v) is 5.15. The molecule has 88 valence electrons. The van der Waals surface area contributed by atoms with Gasteiger partial charge < -0.3 is 4.74 Å². The summed E-state index contributed by atoms with van der Waals surface area (Å²) in [5.41, 5.74) is 3.48. The van der Waals surface area contributed by atoms with Crippen LogP contribution in [0.3, 0.4) is 0 Å². The zero-order valence-corrected chi connectivity index (χ0v) is 11.4. The van der Waals surface area contributed by atoms with E-state index in [1.807, 2.05) is 0 Å². The van der Waals surface area contributed by atoms with Gasteiger partial charge in [0.1, 0.15) is 0 Å². The normalized spacial score (nSPS) is 57.6. The van der Waals surface area contributed by atoms with Crippen molar-refractivity contribution in [2.24, 2.45) is 21.2 Å². The molecule has 0 N–H and O–H groups in total. The lowest BCUT2D eigenvalue weighted by molar-refractivity contribution is 0.317. The molecule has 0 bridgehead atoms. The smallest absolute Gasteiger partial charge is 0.191 e. The highest BCUT2D eigenvalue weighted by atomic mass is 16.5. The summed E-state index contributed by atoms with van der Waals surface area (Å²) >= 11 is 0. The zero-order valence-electron chi connectivity index (χ0n) is 11.4. The van der Waals surface area contributed by atoms with Gasteiger partial charge in [-0.05, 0) is 33.3 Å². The monoisotopic (exact) mass is 219 g/mol. The molecular formula is C14H21NO. The quantitative estimate of drug-likeness (QED) is 0.573. The molecular weight excluding hydrogens is 198 g/mol. The molecule has 1 aliphatic heterocycles. The molecule has 2 aliphatic carbocycles. The Balaban J connectivity index is 2.34. The average Bonchev–Trinajstić information content (AvgIpc) is 2.53. The molecule has 0 aromatic heterocycles. The third kappa shape index (κ3) is 0.509. The fourth-order valence-electron chi connectivity index (χ4n) is 5.15. The van der Waals surface area contributed by atoms with Crippen LogP contribution in [0.1, 0.15) is 41.5 Å². The summed E-state index contributed by atoms with van der Waals surface area (Å²) in [6.45, 7) is 13.9. The Labute approximate surface area is 97.8 Å². The Kier molecular flexibility index (Phi) is 1.37. The van der Waals surface area contributed by atoms with Gasteiger partial charge in [-0.2, -0.15) is 0 Å². The van der Waals surface area contributed by atoms with Crippen molar-refractivity contribution in [3.05, 3.63) is 11.1 Å². The van der Waals surface area contributed by atoms with Crippen LogP contribution in [-0.4, -0.2) is 18.5 Å². The van der Waals surface area contributed by atoms with E-state index in [9.17, 15) is 0 Å². The number of hydrogen-bond donors (Lipinski definition) is 0. The summed E-state index contributed by atoms with van der Waals surface area (Å²) in [5, 5.41) is 0. The molecule has 2 heteroatoms. The lowest BCUT2D eigenvalue weighted by Gasteiger charge is -2.28. The Morgan fingerprint density at radius 2 is 1.50 bits per heavy atom. The van der Waals surface area contributed by atoms with E-state index in [-0.39, 0.29) is 21.8 Å². The summed E-state index contributed by atoms with van der Waals surface area (Å²) in [6.07, 6.45) is 0.